The second kappa shape index (κ2) is 13.2. The third kappa shape index (κ3) is 6.79. The molecule has 0 spiro atoms. The van der Waals surface area contributed by atoms with Crippen LogP contribution in [0.5, 0.6) is 0 Å². The summed E-state index contributed by atoms with van der Waals surface area (Å²) in [6.07, 6.45) is 0. The quantitative estimate of drug-likeness (QED) is 0.205. The van der Waals surface area contributed by atoms with Gasteiger partial charge < -0.3 is 4.90 Å². The summed E-state index contributed by atoms with van der Waals surface area (Å²) in [6, 6.07) is 41.9. The lowest BCUT2D eigenvalue weighted by Gasteiger charge is -2.39. The van der Waals surface area contributed by atoms with E-state index in [0.717, 1.165) is 17.7 Å². The molecule has 3 nitrogen and oxygen atoms in total. The number of hydrogen-bond acceptors (Lipinski definition) is 2. The molecule has 0 aliphatic carbocycles. The summed E-state index contributed by atoms with van der Waals surface area (Å²) < 4.78 is 0. The lowest BCUT2D eigenvalue weighted by atomic mass is 9.97. The average Bonchev–Trinajstić information content (AvgIpc) is 2.98. The standard InChI is InChI=1S/C35H40N2O/c1-27(25-36(26-31-17-9-5-10-18-31)28(2)32-19-11-6-12-20-32)35(38)37(29(3)33-21-13-7-14-22-33)30(4)34-23-15-8-16-24-34/h5-24,27-30H,25-26H2,1-4H3/t27-,28+,29-,30-/m1/s1. The first-order valence-corrected chi connectivity index (χ1v) is 13.7. The Morgan fingerprint density at radius 3 is 1.34 bits per heavy atom. The molecule has 38 heavy (non-hydrogen) atoms. The fourth-order valence-corrected chi connectivity index (χ4v) is 5.31. The number of benzene rings is 4. The fourth-order valence-electron chi connectivity index (χ4n) is 5.31. The summed E-state index contributed by atoms with van der Waals surface area (Å²) in [5.74, 6) is -0.00164. The minimum absolute atomic E-state index is 0.0459. The Balaban J connectivity index is 1.62. The SMILES string of the molecule is C[C@H](CN(Cc1ccccc1)[C@@H](C)c1ccccc1)C(=O)N([C@H](C)c1ccccc1)[C@H](C)c1ccccc1. The monoisotopic (exact) mass is 504 g/mol. The normalized spacial score (nSPS) is 14.4. The predicted octanol–water partition coefficient (Wildman–Crippen LogP) is 8.24. The van der Waals surface area contributed by atoms with Crippen LogP contribution < -0.4 is 0 Å². The number of hydrogen-bond donors (Lipinski definition) is 0. The maximum atomic E-state index is 14.3. The van der Waals surface area contributed by atoms with Gasteiger partial charge in [0, 0.05) is 25.0 Å². The molecule has 4 atom stereocenters. The Morgan fingerprint density at radius 1 is 0.553 bits per heavy atom. The zero-order valence-corrected chi connectivity index (χ0v) is 23.1. The van der Waals surface area contributed by atoms with Crippen molar-refractivity contribution in [2.24, 2.45) is 5.92 Å². The van der Waals surface area contributed by atoms with Crippen molar-refractivity contribution in [3.63, 3.8) is 0 Å². The first kappa shape index (κ1) is 27.3. The van der Waals surface area contributed by atoms with E-state index in [2.05, 4.69) is 122 Å². The van der Waals surface area contributed by atoms with Crippen molar-refractivity contribution < 1.29 is 4.79 Å². The van der Waals surface area contributed by atoms with Gasteiger partial charge >= 0.3 is 0 Å². The van der Waals surface area contributed by atoms with Gasteiger partial charge in [-0.2, -0.15) is 0 Å². The van der Waals surface area contributed by atoms with E-state index in [4.69, 9.17) is 0 Å². The smallest absolute Gasteiger partial charge is 0.227 e. The van der Waals surface area contributed by atoms with Gasteiger partial charge in [-0.3, -0.25) is 9.69 Å². The van der Waals surface area contributed by atoms with Crippen molar-refractivity contribution in [3.05, 3.63) is 144 Å². The lowest BCUT2D eigenvalue weighted by Crippen LogP contribution is -2.43. The summed E-state index contributed by atoms with van der Waals surface area (Å²) in [5, 5.41) is 0. The minimum atomic E-state index is -0.179. The third-order valence-corrected chi connectivity index (χ3v) is 7.64. The Morgan fingerprint density at radius 2 is 0.921 bits per heavy atom. The van der Waals surface area contributed by atoms with Crippen molar-refractivity contribution >= 4 is 5.91 Å². The molecule has 0 saturated carbocycles. The third-order valence-electron chi connectivity index (χ3n) is 7.64. The molecule has 0 aromatic heterocycles. The van der Waals surface area contributed by atoms with Gasteiger partial charge in [0.1, 0.15) is 0 Å². The molecule has 3 heteroatoms. The summed E-state index contributed by atoms with van der Waals surface area (Å²) in [5.41, 5.74) is 4.81. The second-order valence-electron chi connectivity index (χ2n) is 10.3. The van der Waals surface area contributed by atoms with E-state index in [9.17, 15) is 4.79 Å². The summed E-state index contributed by atoms with van der Waals surface area (Å²) in [6.45, 7) is 10.1. The Kier molecular flexibility index (Phi) is 9.51. The van der Waals surface area contributed by atoms with E-state index in [1.807, 2.05) is 36.4 Å². The van der Waals surface area contributed by atoms with Gasteiger partial charge in [0.15, 0.2) is 0 Å². The van der Waals surface area contributed by atoms with Gasteiger partial charge in [-0.05, 0) is 43.0 Å². The van der Waals surface area contributed by atoms with Crippen LogP contribution in [0.25, 0.3) is 0 Å². The molecular weight excluding hydrogens is 464 g/mol. The number of nitrogens with zero attached hydrogens (tertiary/aromatic N) is 2. The van der Waals surface area contributed by atoms with Crippen LogP contribution in [0.2, 0.25) is 0 Å². The molecule has 0 saturated heterocycles. The topological polar surface area (TPSA) is 23.6 Å². The largest absolute Gasteiger partial charge is 0.329 e. The highest BCUT2D eigenvalue weighted by Gasteiger charge is 2.32. The van der Waals surface area contributed by atoms with Gasteiger partial charge in [0.2, 0.25) is 5.91 Å². The molecule has 0 radical (unpaired) electrons. The van der Waals surface area contributed by atoms with Crippen LogP contribution in [0.15, 0.2) is 121 Å². The van der Waals surface area contributed by atoms with Crippen LogP contribution in [-0.4, -0.2) is 22.3 Å². The van der Waals surface area contributed by atoms with Gasteiger partial charge in [-0.15, -0.1) is 0 Å². The van der Waals surface area contributed by atoms with Crippen LogP contribution >= 0.6 is 0 Å². The summed E-state index contributed by atoms with van der Waals surface area (Å²) >= 11 is 0. The molecule has 4 aromatic rings. The summed E-state index contributed by atoms with van der Waals surface area (Å²) in [7, 11) is 0. The number of amides is 1. The lowest BCUT2D eigenvalue weighted by molar-refractivity contribution is -0.140. The Hall–Kier alpha value is -3.69. The highest BCUT2D eigenvalue weighted by molar-refractivity contribution is 5.79. The fraction of sp³-hybridized carbons (Fsp3) is 0.286. The van der Waals surface area contributed by atoms with Crippen LogP contribution in [0.1, 0.15) is 68.1 Å². The van der Waals surface area contributed by atoms with Gasteiger partial charge in [0.25, 0.3) is 0 Å². The first-order chi connectivity index (χ1) is 18.5. The minimum Gasteiger partial charge on any atom is -0.329 e. The average molecular weight is 505 g/mol. The number of carbonyl (C=O) groups excluding carboxylic acids is 1. The van der Waals surface area contributed by atoms with Gasteiger partial charge in [-0.1, -0.05) is 128 Å². The maximum Gasteiger partial charge on any atom is 0.227 e. The van der Waals surface area contributed by atoms with Crippen LogP contribution in [0.4, 0.5) is 0 Å². The zero-order valence-electron chi connectivity index (χ0n) is 23.1. The predicted molar refractivity (Wildman–Crippen MR) is 157 cm³/mol. The van der Waals surface area contributed by atoms with Crippen LogP contribution in [-0.2, 0) is 11.3 Å². The molecule has 0 aliphatic rings. The van der Waals surface area contributed by atoms with Crippen molar-refractivity contribution in [2.75, 3.05) is 6.54 Å². The molecular formula is C35H40N2O. The van der Waals surface area contributed by atoms with Gasteiger partial charge in [-0.25, -0.2) is 0 Å². The molecule has 0 N–H and O–H groups in total. The molecule has 0 fully saturated rings. The van der Waals surface area contributed by atoms with E-state index in [0.29, 0.717) is 6.54 Å². The molecule has 0 bridgehead atoms. The van der Waals surface area contributed by atoms with Crippen molar-refractivity contribution in [1.29, 1.82) is 0 Å². The second-order valence-corrected chi connectivity index (χ2v) is 10.3. The maximum absolute atomic E-state index is 14.3. The van der Waals surface area contributed by atoms with Crippen molar-refractivity contribution in [1.82, 2.24) is 9.80 Å². The summed E-state index contributed by atoms with van der Waals surface area (Å²) in [4.78, 5) is 18.8. The first-order valence-electron chi connectivity index (χ1n) is 13.7. The number of rotatable bonds is 11. The van der Waals surface area contributed by atoms with E-state index >= 15 is 0 Å². The number of carbonyl (C=O) groups is 1. The van der Waals surface area contributed by atoms with Crippen molar-refractivity contribution in [2.45, 2.75) is 52.4 Å². The highest BCUT2D eigenvalue weighted by atomic mass is 16.2. The van der Waals surface area contributed by atoms with E-state index < -0.39 is 0 Å². The zero-order chi connectivity index (χ0) is 26.9. The highest BCUT2D eigenvalue weighted by Crippen LogP contribution is 2.33. The van der Waals surface area contributed by atoms with Crippen LogP contribution in [0, 0.1) is 5.92 Å². The Labute approximate surface area is 228 Å². The van der Waals surface area contributed by atoms with Crippen LogP contribution in [0.3, 0.4) is 0 Å². The molecule has 0 aliphatic heterocycles. The molecule has 0 unspecified atom stereocenters. The van der Waals surface area contributed by atoms with E-state index in [-0.39, 0.29) is 30.0 Å². The van der Waals surface area contributed by atoms with Gasteiger partial charge in [0.05, 0.1) is 12.1 Å². The van der Waals surface area contributed by atoms with Crippen molar-refractivity contribution in [3.8, 4) is 0 Å². The molecule has 196 valence electrons. The molecule has 4 aromatic carbocycles. The molecule has 1 amide bonds. The van der Waals surface area contributed by atoms with E-state index in [1.165, 1.54) is 11.1 Å². The Bertz CT molecular complexity index is 1200. The molecule has 0 heterocycles. The molecule has 4 rings (SSSR count). The van der Waals surface area contributed by atoms with E-state index in [1.54, 1.807) is 0 Å².